The van der Waals surface area contributed by atoms with Gasteiger partial charge in [0, 0.05) is 22.9 Å². The third-order valence-electron chi connectivity index (χ3n) is 5.42. The molecule has 30 heavy (non-hydrogen) atoms. The number of carbonyl (C=O) groups excluding carboxylic acids is 2. The van der Waals surface area contributed by atoms with E-state index in [-0.39, 0.29) is 18.2 Å². The van der Waals surface area contributed by atoms with Crippen LogP contribution in [-0.2, 0) is 16.2 Å². The zero-order valence-electron chi connectivity index (χ0n) is 15.7. The lowest BCUT2D eigenvalue weighted by Gasteiger charge is -2.32. The molecule has 1 atom stereocenters. The first kappa shape index (κ1) is 19.2. The molecule has 0 N–H and O–H groups in total. The smallest absolute Gasteiger partial charge is 0.291 e. The molecule has 1 spiro atoms. The highest BCUT2D eigenvalue weighted by Gasteiger charge is 2.60. The average Bonchev–Trinajstić information content (AvgIpc) is 3.47. The van der Waals surface area contributed by atoms with E-state index < -0.39 is 16.6 Å². The Morgan fingerprint density at radius 1 is 1.20 bits per heavy atom. The minimum absolute atomic E-state index is 0.146. The summed E-state index contributed by atoms with van der Waals surface area (Å²) in [7, 11) is 0. The van der Waals surface area contributed by atoms with E-state index in [1.54, 1.807) is 29.2 Å². The molecule has 1 unspecified atom stereocenters. The monoisotopic (exact) mass is 442 g/mol. The topological polar surface area (TPSA) is 53.8 Å². The summed E-state index contributed by atoms with van der Waals surface area (Å²) in [6.45, 7) is 0.577. The van der Waals surface area contributed by atoms with Gasteiger partial charge in [-0.15, -0.1) is 11.8 Å². The second-order valence-electron chi connectivity index (χ2n) is 7.07. The largest absolute Gasteiger partial charge is 0.459 e. The van der Waals surface area contributed by atoms with Crippen LogP contribution in [0.4, 0.5) is 10.1 Å². The number of thioether (sulfide) groups is 1. The van der Waals surface area contributed by atoms with Gasteiger partial charge in [-0.1, -0.05) is 29.8 Å². The van der Waals surface area contributed by atoms with Crippen molar-refractivity contribution in [1.82, 2.24) is 4.90 Å². The number of halogens is 2. The highest BCUT2D eigenvalue weighted by atomic mass is 35.5. The fraction of sp³-hybridized carbons (Fsp3) is 0.182. The normalized spacial score (nSPS) is 20.3. The lowest BCUT2D eigenvalue weighted by Crippen LogP contribution is -2.50. The first-order chi connectivity index (χ1) is 14.5. The number of hydrogen-bond acceptors (Lipinski definition) is 4. The SMILES string of the molecule is O=C(c1ccco1)N1CCSC12C(=O)N(Cc1ccccc1Cl)c1ccc(F)cc12. The Labute approximate surface area is 181 Å². The molecule has 0 bridgehead atoms. The number of benzene rings is 2. The van der Waals surface area contributed by atoms with Gasteiger partial charge in [-0.2, -0.15) is 0 Å². The Bertz CT molecular complexity index is 1150. The Hall–Kier alpha value is -2.77. The molecule has 1 aromatic heterocycles. The molecule has 1 saturated heterocycles. The quantitative estimate of drug-likeness (QED) is 0.592. The fourth-order valence-corrected chi connectivity index (χ4v) is 5.72. The van der Waals surface area contributed by atoms with E-state index in [2.05, 4.69) is 0 Å². The summed E-state index contributed by atoms with van der Waals surface area (Å²) in [5.41, 5.74) is 1.82. The number of amides is 2. The van der Waals surface area contributed by atoms with Crippen molar-refractivity contribution in [1.29, 1.82) is 0 Å². The molecule has 0 radical (unpaired) electrons. The molecule has 3 heterocycles. The van der Waals surface area contributed by atoms with Gasteiger partial charge in [0.2, 0.25) is 0 Å². The second-order valence-corrected chi connectivity index (χ2v) is 8.77. The van der Waals surface area contributed by atoms with Gasteiger partial charge in [-0.05, 0) is 42.0 Å². The van der Waals surface area contributed by atoms with Gasteiger partial charge in [-0.3, -0.25) is 9.59 Å². The zero-order valence-corrected chi connectivity index (χ0v) is 17.3. The first-order valence-corrected chi connectivity index (χ1v) is 10.7. The highest BCUT2D eigenvalue weighted by Crippen LogP contribution is 2.55. The minimum atomic E-state index is -1.33. The average molecular weight is 443 g/mol. The number of fused-ring (bicyclic) bond motifs is 2. The fourth-order valence-electron chi connectivity index (χ4n) is 4.07. The second kappa shape index (κ2) is 7.18. The van der Waals surface area contributed by atoms with Crippen molar-refractivity contribution < 1.29 is 18.4 Å². The lowest BCUT2D eigenvalue weighted by molar-refractivity contribution is -0.123. The van der Waals surface area contributed by atoms with E-state index in [0.29, 0.717) is 28.6 Å². The minimum Gasteiger partial charge on any atom is -0.459 e. The highest BCUT2D eigenvalue weighted by molar-refractivity contribution is 8.01. The molecule has 1 fully saturated rings. The molecule has 2 aliphatic heterocycles. The van der Waals surface area contributed by atoms with Crippen LogP contribution in [0.15, 0.2) is 65.3 Å². The van der Waals surface area contributed by atoms with Crippen molar-refractivity contribution in [3.05, 3.63) is 88.6 Å². The van der Waals surface area contributed by atoms with Crippen molar-refractivity contribution in [2.75, 3.05) is 17.2 Å². The maximum atomic E-state index is 14.3. The van der Waals surface area contributed by atoms with Crippen molar-refractivity contribution in [2.45, 2.75) is 11.4 Å². The Morgan fingerprint density at radius 2 is 2.03 bits per heavy atom. The van der Waals surface area contributed by atoms with Gasteiger partial charge in [-0.25, -0.2) is 4.39 Å². The third-order valence-corrected chi connectivity index (χ3v) is 7.21. The standard InChI is InChI=1S/C22H16ClFN2O3S/c23-17-5-2-1-4-14(17)13-25-18-8-7-15(24)12-16(18)22(21(25)28)26(9-11-30-22)20(27)19-6-3-10-29-19/h1-8,10,12H,9,11,13H2. The molecule has 3 aromatic rings. The summed E-state index contributed by atoms with van der Waals surface area (Å²) in [6.07, 6.45) is 1.41. The molecule has 2 aliphatic rings. The van der Waals surface area contributed by atoms with E-state index in [1.165, 1.54) is 35.1 Å². The summed E-state index contributed by atoms with van der Waals surface area (Å²) < 4.78 is 19.5. The summed E-state index contributed by atoms with van der Waals surface area (Å²) in [6, 6.07) is 14.7. The van der Waals surface area contributed by atoms with Gasteiger partial charge < -0.3 is 14.2 Å². The van der Waals surface area contributed by atoms with E-state index >= 15 is 0 Å². The van der Waals surface area contributed by atoms with Crippen molar-refractivity contribution >= 4 is 40.9 Å². The molecule has 0 saturated carbocycles. The van der Waals surface area contributed by atoms with E-state index in [4.69, 9.17) is 16.0 Å². The lowest BCUT2D eigenvalue weighted by atomic mass is 10.1. The van der Waals surface area contributed by atoms with Crippen LogP contribution >= 0.6 is 23.4 Å². The van der Waals surface area contributed by atoms with Crippen molar-refractivity contribution in [3.63, 3.8) is 0 Å². The van der Waals surface area contributed by atoms with Gasteiger partial charge in [0.1, 0.15) is 5.82 Å². The maximum absolute atomic E-state index is 14.3. The van der Waals surface area contributed by atoms with E-state index in [1.807, 2.05) is 18.2 Å². The van der Waals surface area contributed by atoms with Crippen molar-refractivity contribution in [2.24, 2.45) is 0 Å². The van der Waals surface area contributed by atoms with Gasteiger partial charge in [0.05, 0.1) is 18.5 Å². The van der Waals surface area contributed by atoms with E-state index in [0.717, 1.165) is 5.56 Å². The van der Waals surface area contributed by atoms with Crippen LogP contribution in [0.5, 0.6) is 0 Å². The predicted octanol–water partition coefficient (Wildman–Crippen LogP) is 4.66. The molecule has 0 aliphatic carbocycles. The number of hydrogen-bond donors (Lipinski definition) is 0. The molecular weight excluding hydrogens is 427 g/mol. The number of anilines is 1. The Kier molecular flexibility index (Phi) is 4.60. The van der Waals surface area contributed by atoms with Crippen LogP contribution in [0.1, 0.15) is 21.7 Å². The van der Waals surface area contributed by atoms with Crippen LogP contribution in [0.2, 0.25) is 5.02 Å². The predicted molar refractivity (Wildman–Crippen MR) is 113 cm³/mol. The molecular formula is C22H16ClFN2O3S. The molecule has 2 aromatic carbocycles. The number of carbonyl (C=O) groups is 2. The molecule has 5 rings (SSSR count). The number of nitrogens with zero attached hydrogens (tertiary/aromatic N) is 2. The van der Waals surface area contributed by atoms with Gasteiger partial charge in [0.15, 0.2) is 10.6 Å². The summed E-state index contributed by atoms with van der Waals surface area (Å²) in [5, 5.41) is 0.539. The maximum Gasteiger partial charge on any atom is 0.291 e. The Morgan fingerprint density at radius 3 is 2.80 bits per heavy atom. The Balaban J connectivity index is 1.62. The third kappa shape index (κ3) is 2.76. The van der Waals surface area contributed by atoms with Gasteiger partial charge in [0.25, 0.3) is 11.8 Å². The molecule has 5 nitrogen and oxygen atoms in total. The van der Waals surface area contributed by atoms with E-state index in [9.17, 15) is 14.0 Å². The zero-order chi connectivity index (χ0) is 20.9. The van der Waals surface area contributed by atoms with Gasteiger partial charge >= 0.3 is 0 Å². The molecule has 8 heteroatoms. The first-order valence-electron chi connectivity index (χ1n) is 9.37. The number of rotatable bonds is 3. The van der Waals surface area contributed by atoms with Crippen molar-refractivity contribution in [3.8, 4) is 0 Å². The van der Waals surface area contributed by atoms with Crippen LogP contribution in [0, 0.1) is 5.82 Å². The molecule has 2 amide bonds. The van der Waals surface area contributed by atoms with Crippen LogP contribution in [0.3, 0.4) is 0 Å². The molecule has 152 valence electrons. The number of furan rings is 1. The summed E-state index contributed by atoms with van der Waals surface area (Å²) in [5.74, 6) is -0.446. The summed E-state index contributed by atoms with van der Waals surface area (Å²) in [4.78, 5) is 28.7. The van der Waals surface area contributed by atoms with Crippen LogP contribution in [-0.4, -0.2) is 29.0 Å². The van der Waals surface area contributed by atoms with Crippen LogP contribution < -0.4 is 4.90 Å². The van der Waals surface area contributed by atoms with Crippen LogP contribution in [0.25, 0.3) is 0 Å². The summed E-state index contributed by atoms with van der Waals surface area (Å²) >= 11 is 7.66.